The van der Waals surface area contributed by atoms with Gasteiger partial charge in [0.05, 0.1) is 11.5 Å². The van der Waals surface area contributed by atoms with Crippen molar-refractivity contribution in [3.05, 3.63) is 45.8 Å². The summed E-state index contributed by atoms with van der Waals surface area (Å²) in [5, 5.41) is 9.94. The van der Waals surface area contributed by atoms with E-state index in [0.29, 0.717) is 18.2 Å². The average Bonchev–Trinajstić information content (AvgIpc) is 2.72. The quantitative estimate of drug-likeness (QED) is 0.754. The minimum Gasteiger partial charge on any atom is -0.450 e. The van der Waals surface area contributed by atoms with Crippen LogP contribution in [0.4, 0.5) is 0 Å². The minimum absolute atomic E-state index is 0.260. The maximum absolute atomic E-state index is 12.5. The monoisotopic (exact) mass is 382 g/mol. The lowest BCUT2D eigenvalue weighted by Gasteiger charge is -2.38. The molecule has 7 heteroatoms. The lowest BCUT2D eigenvalue weighted by Crippen LogP contribution is -2.51. The summed E-state index contributed by atoms with van der Waals surface area (Å²) in [6, 6.07) is 8.38. The van der Waals surface area contributed by atoms with Gasteiger partial charge in [-0.3, -0.25) is 9.59 Å². The highest BCUT2D eigenvalue weighted by molar-refractivity contribution is 5.91. The van der Waals surface area contributed by atoms with Gasteiger partial charge >= 0.3 is 5.97 Å². The van der Waals surface area contributed by atoms with Crippen LogP contribution in [0, 0.1) is 18.3 Å². The number of carbonyl (C=O) groups is 2. The molecule has 7 nitrogen and oxygen atoms in total. The topological polar surface area (TPSA) is 101 Å². The summed E-state index contributed by atoms with van der Waals surface area (Å²) in [6.45, 7) is 1.33. The van der Waals surface area contributed by atoms with Crippen molar-refractivity contribution in [1.82, 2.24) is 4.90 Å². The minimum atomic E-state index is -0.893. The van der Waals surface area contributed by atoms with Crippen molar-refractivity contribution in [3.8, 4) is 6.07 Å². The third-order valence-electron chi connectivity index (χ3n) is 5.32. The number of hydrogen-bond acceptors (Lipinski definition) is 6. The van der Waals surface area contributed by atoms with Gasteiger partial charge in [-0.25, -0.2) is 4.79 Å². The zero-order valence-corrected chi connectivity index (χ0v) is 16.0. The molecule has 0 spiro atoms. The SMILES string of the molecule is Cc1ccc2oc(C(=O)OCC(=O)N(C)C3(C#N)CCCCC3)cc(=O)c2c1. The van der Waals surface area contributed by atoms with Gasteiger partial charge in [0.25, 0.3) is 5.91 Å². The van der Waals surface area contributed by atoms with E-state index in [-0.39, 0.29) is 16.8 Å². The number of likely N-dealkylation sites (N-methyl/N-ethyl adjacent to an activating group) is 1. The number of amides is 1. The number of carbonyl (C=O) groups excluding carboxylic acids is 2. The summed E-state index contributed by atoms with van der Waals surface area (Å²) in [5.41, 5.74) is -0.0298. The number of benzene rings is 1. The molecule has 0 radical (unpaired) electrons. The molecule has 0 saturated heterocycles. The Morgan fingerprint density at radius 3 is 2.64 bits per heavy atom. The van der Waals surface area contributed by atoms with Gasteiger partial charge in [0.2, 0.25) is 5.76 Å². The number of aryl methyl sites for hydroxylation is 1. The van der Waals surface area contributed by atoms with Crippen LogP contribution in [0.5, 0.6) is 0 Å². The molecule has 1 heterocycles. The first kappa shape index (κ1) is 19.6. The highest BCUT2D eigenvalue weighted by Crippen LogP contribution is 2.32. The van der Waals surface area contributed by atoms with Crippen LogP contribution in [0.15, 0.2) is 33.5 Å². The average molecular weight is 382 g/mol. The van der Waals surface area contributed by atoms with Crippen molar-refractivity contribution >= 4 is 22.8 Å². The fourth-order valence-electron chi connectivity index (χ4n) is 3.56. The Morgan fingerprint density at radius 2 is 1.96 bits per heavy atom. The summed E-state index contributed by atoms with van der Waals surface area (Å²) in [4.78, 5) is 38.3. The van der Waals surface area contributed by atoms with E-state index in [1.807, 2.05) is 6.92 Å². The Balaban J connectivity index is 1.71. The second kappa shape index (κ2) is 7.85. The number of nitriles is 1. The molecule has 0 unspecified atom stereocenters. The largest absolute Gasteiger partial charge is 0.450 e. The van der Waals surface area contributed by atoms with Crippen molar-refractivity contribution in [1.29, 1.82) is 5.26 Å². The van der Waals surface area contributed by atoms with E-state index >= 15 is 0 Å². The maximum Gasteiger partial charge on any atom is 0.374 e. The number of fused-ring (bicyclic) bond motifs is 1. The Bertz CT molecular complexity index is 1010. The Kier molecular flexibility index (Phi) is 5.50. The van der Waals surface area contributed by atoms with Crippen LogP contribution in [-0.4, -0.2) is 36.0 Å². The number of ether oxygens (including phenoxy) is 1. The van der Waals surface area contributed by atoms with E-state index in [9.17, 15) is 19.6 Å². The molecule has 146 valence electrons. The lowest BCUT2D eigenvalue weighted by molar-refractivity contribution is -0.138. The van der Waals surface area contributed by atoms with Crippen molar-refractivity contribution in [2.45, 2.75) is 44.6 Å². The zero-order valence-electron chi connectivity index (χ0n) is 16.0. The first-order chi connectivity index (χ1) is 13.4. The van der Waals surface area contributed by atoms with Crippen molar-refractivity contribution in [2.75, 3.05) is 13.7 Å². The van der Waals surface area contributed by atoms with E-state index in [4.69, 9.17) is 9.15 Å². The van der Waals surface area contributed by atoms with Gasteiger partial charge in [-0.2, -0.15) is 5.26 Å². The first-order valence-corrected chi connectivity index (χ1v) is 9.26. The molecule has 28 heavy (non-hydrogen) atoms. The van der Waals surface area contributed by atoms with Crippen LogP contribution in [0.25, 0.3) is 11.0 Å². The molecule has 1 saturated carbocycles. The van der Waals surface area contributed by atoms with Crippen LogP contribution in [-0.2, 0) is 9.53 Å². The molecule has 1 aromatic heterocycles. The summed E-state index contributed by atoms with van der Waals surface area (Å²) in [7, 11) is 1.56. The Morgan fingerprint density at radius 1 is 1.25 bits per heavy atom. The third-order valence-corrected chi connectivity index (χ3v) is 5.32. The van der Waals surface area contributed by atoms with Crippen LogP contribution in [0.2, 0.25) is 0 Å². The molecule has 2 aromatic rings. The van der Waals surface area contributed by atoms with E-state index < -0.39 is 24.0 Å². The van der Waals surface area contributed by atoms with Crippen molar-refractivity contribution in [2.24, 2.45) is 0 Å². The summed E-state index contributed by atoms with van der Waals surface area (Å²) in [5.74, 6) is -1.61. The Labute approximate surface area is 162 Å². The van der Waals surface area contributed by atoms with Gasteiger partial charge in [0.15, 0.2) is 12.0 Å². The van der Waals surface area contributed by atoms with E-state index in [1.165, 1.54) is 4.90 Å². The lowest BCUT2D eigenvalue weighted by atomic mass is 9.81. The molecule has 1 aliphatic rings. The third kappa shape index (κ3) is 3.77. The number of hydrogen-bond donors (Lipinski definition) is 0. The second-order valence-electron chi connectivity index (χ2n) is 7.21. The fraction of sp³-hybridized carbons (Fsp3) is 0.429. The van der Waals surface area contributed by atoms with Gasteiger partial charge in [-0.15, -0.1) is 0 Å². The molecule has 0 bridgehead atoms. The summed E-state index contributed by atoms with van der Waals surface area (Å²) < 4.78 is 10.5. The molecule has 1 fully saturated rings. The van der Waals surface area contributed by atoms with Gasteiger partial charge in [0.1, 0.15) is 11.1 Å². The molecule has 1 aromatic carbocycles. The predicted molar refractivity (Wildman–Crippen MR) is 102 cm³/mol. The predicted octanol–water partition coefficient (Wildman–Crippen LogP) is 2.94. The van der Waals surface area contributed by atoms with Crippen LogP contribution in [0.1, 0.15) is 48.2 Å². The molecule has 3 rings (SSSR count). The van der Waals surface area contributed by atoms with E-state index in [1.54, 1.807) is 25.2 Å². The summed E-state index contributed by atoms with van der Waals surface area (Å²) >= 11 is 0. The molecule has 1 amide bonds. The maximum atomic E-state index is 12.5. The Hall–Kier alpha value is -3.14. The zero-order chi connectivity index (χ0) is 20.3. The summed E-state index contributed by atoms with van der Waals surface area (Å²) in [6.07, 6.45) is 4.03. The van der Waals surface area contributed by atoms with E-state index in [2.05, 4.69) is 6.07 Å². The fourth-order valence-corrected chi connectivity index (χ4v) is 3.56. The van der Waals surface area contributed by atoms with Gasteiger partial charge in [-0.05, 0) is 31.9 Å². The standard InChI is InChI=1S/C21H22N2O5/c1-14-6-7-17-15(10-14)16(24)11-18(28-17)20(26)27-12-19(25)23(2)21(13-22)8-4-3-5-9-21/h6-7,10-11H,3-5,8-9,12H2,1-2H3. The van der Waals surface area contributed by atoms with E-state index in [0.717, 1.165) is 30.9 Å². The highest BCUT2D eigenvalue weighted by Gasteiger charge is 2.39. The highest BCUT2D eigenvalue weighted by atomic mass is 16.5. The number of nitrogens with zero attached hydrogens (tertiary/aromatic N) is 2. The molecular weight excluding hydrogens is 360 g/mol. The number of rotatable bonds is 4. The van der Waals surface area contributed by atoms with Crippen molar-refractivity contribution < 1.29 is 18.7 Å². The number of esters is 1. The molecule has 0 aliphatic heterocycles. The van der Waals surface area contributed by atoms with Crippen molar-refractivity contribution in [3.63, 3.8) is 0 Å². The van der Waals surface area contributed by atoms with Gasteiger partial charge in [0, 0.05) is 13.1 Å². The van der Waals surface area contributed by atoms with Crippen LogP contribution < -0.4 is 5.43 Å². The normalized spacial score (nSPS) is 15.6. The second-order valence-corrected chi connectivity index (χ2v) is 7.21. The molecule has 0 atom stereocenters. The first-order valence-electron chi connectivity index (χ1n) is 9.26. The van der Waals surface area contributed by atoms with Crippen LogP contribution in [0.3, 0.4) is 0 Å². The molecule has 1 aliphatic carbocycles. The van der Waals surface area contributed by atoms with Gasteiger partial charge in [-0.1, -0.05) is 30.9 Å². The van der Waals surface area contributed by atoms with Gasteiger partial charge < -0.3 is 14.1 Å². The smallest absolute Gasteiger partial charge is 0.374 e. The molecule has 0 N–H and O–H groups in total. The molecular formula is C21H22N2O5. The van der Waals surface area contributed by atoms with Crippen LogP contribution >= 0.6 is 0 Å².